The number of amides is 1. The van der Waals surface area contributed by atoms with E-state index in [9.17, 15) is 14.4 Å². The summed E-state index contributed by atoms with van der Waals surface area (Å²) >= 11 is 0. The third-order valence-corrected chi connectivity index (χ3v) is 3.86. The molecule has 1 fully saturated rings. The number of carboxylic acid groups (broad SMARTS) is 1. The SMILES string of the molecule is CN(CCN1CCOCC1)C(=O)c1ccc(C(=O)O)cc1C=O. The van der Waals surface area contributed by atoms with Crippen LogP contribution < -0.4 is 0 Å². The van der Waals surface area contributed by atoms with Crippen molar-refractivity contribution >= 4 is 18.2 Å². The van der Waals surface area contributed by atoms with Gasteiger partial charge in [-0.2, -0.15) is 0 Å². The fourth-order valence-corrected chi connectivity index (χ4v) is 2.41. The van der Waals surface area contributed by atoms with Gasteiger partial charge < -0.3 is 14.7 Å². The number of hydrogen-bond acceptors (Lipinski definition) is 5. The van der Waals surface area contributed by atoms with Crippen LogP contribution in [0.25, 0.3) is 0 Å². The number of carbonyl (C=O) groups excluding carboxylic acids is 2. The molecule has 0 unspecified atom stereocenters. The van der Waals surface area contributed by atoms with E-state index >= 15 is 0 Å². The van der Waals surface area contributed by atoms with Gasteiger partial charge in [0, 0.05) is 38.8 Å². The third-order valence-electron chi connectivity index (χ3n) is 3.86. The summed E-state index contributed by atoms with van der Waals surface area (Å²) in [6.07, 6.45) is 0.509. The first kappa shape index (κ1) is 17.1. The number of nitrogens with zero attached hydrogens (tertiary/aromatic N) is 2. The Morgan fingerprint density at radius 2 is 2.04 bits per heavy atom. The summed E-state index contributed by atoms with van der Waals surface area (Å²) in [6, 6.07) is 3.94. The van der Waals surface area contributed by atoms with Crippen LogP contribution in [0.15, 0.2) is 18.2 Å². The van der Waals surface area contributed by atoms with Crippen LogP contribution in [0.3, 0.4) is 0 Å². The van der Waals surface area contributed by atoms with Crippen LogP contribution in [-0.2, 0) is 4.74 Å². The first-order chi connectivity index (χ1) is 11.0. The monoisotopic (exact) mass is 320 g/mol. The van der Waals surface area contributed by atoms with Crippen LogP contribution in [-0.4, -0.2) is 79.5 Å². The zero-order chi connectivity index (χ0) is 16.8. The van der Waals surface area contributed by atoms with Crippen LogP contribution in [0, 0.1) is 0 Å². The zero-order valence-corrected chi connectivity index (χ0v) is 13.0. The van der Waals surface area contributed by atoms with Crippen molar-refractivity contribution in [1.29, 1.82) is 0 Å². The lowest BCUT2D eigenvalue weighted by atomic mass is 10.0. The number of likely N-dealkylation sites (N-methyl/N-ethyl adjacent to an activating group) is 1. The van der Waals surface area contributed by atoms with E-state index in [0.717, 1.165) is 19.6 Å². The Kier molecular flexibility index (Phi) is 5.84. The quantitative estimate of drug-likeness (QED) is 0.773. The van der Waals surface area contributed by atoms with Gasteiger partial charge >= 0.3 is 5.97 Å². The molecule has 0 saturated carbocycles. The molecule has 7 heteroatoms. The van der Waals surface area contributed by atoms with Gasteiger partial charge in [-0.1, -0.05) is 0 Å². The van der Waals surface area contributed by atoms with E-state index in [2.05, 4.69) is 4.90 Å². The molecule has 23 heavy (non-hydrogen) atoms. The lowest BCUT2D eigenvalue weighted by molar-refractivity contribution is 0.0338. The molecule has 1 saturated heterocycles. The summed E-state index contributed by atoms with van der Waals surface area (Å²) in [5.41, 5.74) is 0.294. The zero-order valence-electron chi connectivity index (χ0n) is 13.0. The molecule has 1 aromatic carbocycles. The molecule has 124 valence electrons. The van der Waals surface area contributed by atoms with Gasteiger partial charge in [-0.15, -0.1) is 0 Å². The molecule has 0 spiro atoms. The fraction of sp³-hybridized carbons (Fsp3) is 0.438. The van der Waals surface area contributed by atoms with E-state index in [1.807, 2.05) is 0 Å². The standard InChI is InChI=1S/C16H20N2O5/c1-17(4-5-18-6-8-23-9-7-18)15(20)14-3-2-12(16(21)22)10-13(14)11-19/h2-3,10-11H,4-9H2,1H3,(H,21,22). The van der Waals surface area contributed by atoms with Crippen LogP contribution in [0.4, 0.5) is 0 Å². The maximum absolute atomic E-state index is 12.5. The van der Waals surface area contributed by atoms with Crippen molar-refractivity contribution in [3.63, 3.8) is 0 Å². The summed E-state index contributed by atoms with van der Waals surface area (Å²) in [7, 11) is 1.67. The average molecular weight is 320 g/mol. The van der Waals surface area contributed by atoms with Gasteiger partial charge in [0.25, 0.3) is 5.91 Å². The second-order valence-corrected chi connectivity index (χ2v) is 5.41. The van der Waals surface area contributed by atoms with E-state index in [1.54, 1.807) is 7.05 Å². The maximum atomic E-state index is 12.5. The predicted octanol–water partition coefficient (Wildman–Crippen LogP) is 0.601. The van der Waals surface area contributed by atoms with Crippen molar-refractivity contribution in [2.24, 2.45) is 0 Å². The first-order valence-corrected chi connectivity index (χ1v) is 7.41. The molecule has 0 radical (unpaired) electrons. The van der Waals surface area contributed by atoms with Crippen LogP contribution >= 0.6 is 0 Å². The molecule has 7 nitrogen and oxygen atoms in total. The van der Waals surface area contributed by atoms with Gasteiger partial charge in [0.1, 0.15) is 0 Å². The number of benzene rings is 1. The molecule has 1 aliphatic heterocycles. The Morgan fingerprint density at radius 3 is 2.65 bits per heavy atom. The van der Waals surface area contributed by atoms with E-state index in [-0.39, 0.29) is 22.6 Å². The Balaban J connectivity index is 2.03. The number of carbonyl (C=O) groups is 3. The molecular weight excluding hydrogens is 300 g/mol. The molecule has 0 atom stereocenters. The minimum atomic E-state index is -1.13. The van der Waals surface area contributed by atoms with Crippen molar-refractivity contribution in [2.45, 2.75) is 0 Å². The number of aromatic carboxylic acids is 1. The average Bonchev–Trinajstić information content (AvgIpc) is 2.59. The smallest absolute Gasteiger partial charge is 0.335 e. The highest BCUT2D eigenvalue weighted by atomic mass is 16.5. The Labute approximate surface area is 134 Å². The number of ether oxygens (including phenoxy) is 1. The van der Waals surface area contributed by atoms with E-state index < -0.39 is 5.97 Å². The Hall–Kier alpha value is -2.25. The van der Waals surface area contributed by atoms with Crippen molar-refractivity contribution in [3.8, 4) is 0 Å². The third kappa shape index (κ3) is 4.37. The highest BCUT2D eigenvalue weighted by Crippen LogP contribution is 2.13. The molecular formula is C16H20N2O5. The maximum Gasteiger partial charge on any atom is 0.335 e. The topological polar surface area (TPSA) is 87.2 Å². The van der Waals surface area contributed by atoms with Gasteiger partial charge in [0.15, 0.2) is 6.29 Å². The van der Waals surface area contributed by atoms with E-state index in [1.165, 1.54) is 23.1 Å². The molecule has 0 aromatic heterocycles. The Morgan fingerprint density at radius 1 is 1.35 bits per heavy atom. The van der Waals surface area contributed by atoms with Crippen LogP contribution in [0.2, 0.25) is 0 Å². The van der Waals surface area contributed by atoms with E-state index in [4.69, 9.17) is 9.84 Å². The number of carboxylic acids is 1. The van der Waals surface area contributed by atoms with Crippen molar-refractivity contribution in [3.05, 3.63) is 34.9 Å². The molecule has 2 rings (SSSR count). The second-order valence-electron chi connectivity index (χ2n) is 5.41. The number of hydrogen-bond donors (Lipinski definition) is 1. The van der Waals surface area contributed by atoms with Gasteiger partial charge in [0.2, 0.25) is 0 Å². The largest absolute Gasteiger partial charge is 0.478 e. The highest BCUT2D eigenvalue weighted by Gasteiger charge is 2.18. The molecule has 0 aliphatic carbocycles. The van der Waals surface area contributed by atoms with Crippen LogP contribution in [0.5, 0.6) is 0 Å². The summed E-state index contributed by atoms with van der Waals surface area (Å²) in [5, 5.41) is 8.94. The lowest BCUT2D eigenvalue weighted by Crippen LogP contribution is -2.42. The van der Waals surface area contributed by atoms with Crippen molar-refractivity contribution in [2.75, 3.05) is 46.4 Å². The molecule has 0 bridgehead atoms. The highest BCUT2D eigenvalue weighted by molar-refractivity contribution is 6.03. The second kappa shape index (κ2) is 7.85. The summed E-state index contributed by atoms with van der Waals surface area (Å²) in [6.45, 7) is 4.34. The van der Waals surface area contributed by atoms with Crippen molar-refractivity contribution in [1.82, 2.24) is 9.80 Å². The first-order valence-electron chi connectivity index (χ1n) is 7.41. The fourth-order valence-electron chi connectivity index (χ4n) is 2.41. The minimum Gasteiger partial charge on any atom is -0.478 e. The number of aldehydes is 1. The normalized spacial score (nSPS) is 15.2. The number of morpholine rings is 1. The van der Waals surface area contributed by atoms with Gasteiger partial charge in [-0.3, -0.25) is 14.5 Å². The summed E-state index contributed by atoms with van der Waals surface area (Å²) in [5.74, 6) is -1.43. The van der Waals surface area contributed by atoms with Gasteiger partial charge in [0.05, 0.1) is 24.3 Å². The summed E-state index contributed by atoms with van der Waals surface area (Å²) in [4.78, 5) is 38.3. The Bertz CT molecular complexity index is 596. The molecule has 1 N–H and O–H groups in total. The van der Waals surface area contributed by atoms with Gasteiger partial charge in [-0.25, -0.2) is 4.79 Å². The molecule has 1 aromatic rings. The summed E-state index contributed by atoms with van der Waals surface area (Å²) < 4.78 is 5.28. The molecule has 1 heterocycles. The van der Waals surface area contributed by atoms with Crippen LogP contribution in [0.1, 0.15) is 31.1 Å². The lowest BCUT2D eigenvalue weighted by Gasteiger charge is -2.28. The number of rotatable bonds is 6. The van der Waals surface area contributed by atoms with Gasteiger partial charge in [-0.05, 0) is 18.2 Å². The van der Waals surface area contributed by atoms with Crippen molar-refractivity contribution < 1.29 is 24.2 Å². The molecule has 1 amide bonds. The predicted molar refractivity (Wildman–Crippen MR) is 83.0 cm³/mol. The molecule has 1 aliphatic rings. The van der Waals surface area contributed by atoms with E-state index in [0.29, 0.717) is 26.0 Å². The minimum absolute atomic E-state index is 0.0142.